The molecule has 0 aromatic heterocycles. The molecular weight excluding hydrogens is 273 g/mol. The summed E-state index contributed by atoms with van der Waals surface area (Å²) in [6, 6.07) is 6.58. The van der Waals surface area contributed by atoms with E-state index < -0.39 is 29.9 Å². The fraction of sp³-hybridized carbons (Fsp3) is 0.500. The van der Waals surface area contributed by atoms with E-state index in [9.17, 15) is 23.1 Å². The highest BCUT2D eigenvalue weighted by Crippen LogP contribution is 2.42. The molecule has 1 atom stereocenters. The van der Waals surface area contributed by atoms with Crippen LogP contribution in [-0.2, 0) is 10.2 Å². The Morgan fingerprint density at radius 3 is 2.25 bits per heavy atom. The minimum absolute atomic E-state index is 0.410. The molecule has 0 saturated heterocycles. The van der Waals surface area contributed by atoms with Gasteiger partial charge in [0.05, 0.1) is 7.11 Å². The van der Waals surface area contributed by atoms with Crippen molar-refractivity contribution in [2.45, 2.75) is 37.5 Å². The molecule has 1 unspecified atom stereocenters. The van der Waals surface area contributed by atoms with E-state index in [4.69, 9.17) is 4.74 Å². The Labute approximate surface area is 115 Å². The Hall–Kier alpha value is -1.56. The number of ether oxygens (including phenoxy) is 1. The van der Waals surface area contributed by atoms with Gasteiger partial charge in [0.2, 0.25) is 5.60 Å². The summed E-state index contributed by atoms with van der Waals surface area (Å²) in [5.74, 6) is 0.410. The maximum absolute atomic E-state index is 12.8. The third-order valence-electron chi connectivity index (χ3n) is 3.23. The predicted octanol–water partition coefficient (Wildman–Crippen LogP) is 2.86. The molecule has 1 aromatic carbocycles. The fourth-order valence-corrected chi connectivity index (χ4v) is 2.18. The maximum Gasteiger partial charge on any atom is 0.424 e. The lowest BCUT2D eigenvalue weighted by molar-refractivity contribution is -0.250. The Morgan fingerprint density at radius 1 is 1.25 bits per heavy atom. The van der Waals surface area contributed by atoms with Crippen LogP contribution in [0.15, 0.2) is 24.3 Å². The molecule has 1 rings (SSSR count). The van der Waals surface area contributed by atoms with Crippen LogP contribution in [0, 0.1) is 0 Å². The lowest BCUT2D eigenvalue weighted by Gasteiger charge is -2.35. The molecule has 0 aliphatic rings. The standard InChI is InChI=1S/C14H17F3O3/c1-12(2,8-13(19,9-18)14(15,16)17)10-6-4-5-7-11(10)20-3/h4-7,9,19H,8H2,1-3H3. The SMILES string of the molecule is COc1ccccc1C(C)(C)CC(O)(C=O)C(F)(F)F. The highest BCUT2D eigenvalue weighted by Gasteiger charge is 2.56. The number of benzene rings is 1. The summed E-state index contributed by atoms with van der Waals surface area (Å²) >= 11 is 0. The monoisotopic (exact) mass is 290 g/mol. The molecule has 112 valence electrons. The molecule has 0 heterocycles. The van der Waals surface area contributed by atoms with Gasteiger partial charge in [-0.05, 0) is 17.0 Å². The molecule has 3 nitrogen and oxygen atoms in total. The molecule has 0 aliphatic heterocycles. The van der Waals surface area contributed by atoms with E-state index >= 15 is 0 Å². The summed E-state index contributed by atoms with van der Waals surface area (Å²) in [5.41, 5.74) is -3.98. The van der Waals surface area contributed by atoms with Crippen molar-refractivity contribution in [2.24, 2.45) is 0 Å². The third kappa shape index (κ3) is 3.12. The topological polar surface area (TPSA) is 46.5 Å². The van der Waals surface area contributed by atoms with Gasteiger partial charge in [0.25, 0.3) is 0 Å². The van der Waals surface area contributed by atoms with Gasteiger partial charge in [0.15, 0.2) is 6.29 Å². The number of aliphatic hydroxyl groups is 1. The Morgan fingerprint density at radius 2 is 1.80 bits per heavy atom. The second-order valence-electron chi connectivity index (χ2n) is 5.30. The number of carbonyl (C=O) groups is 1. The number of halogens is 3. The average molecular weight is 290 g/mol. The first kappa shape index (κ1) is 16.5. The summed E-state index contributed by atoms with van der Waals surface area (Å²) in [4.78, 5) is 10.7. The Kier molecular flexibility index (Phi) is 4.49. The van der Waals surface area contributed by atoms with Crippen molar-refractivity contribution in [2.75, 3.05) is 7.11 Å². The second-order valence-corrected chi connectivity index (χ2v) is 5.30. The van der Waals surface area contributed by atoms with Crippen LogP contribution in [0.3, 0.4) is 0 Å². The smallest absolute Gasteiger partial charge is 0.424 e. The summed E-state index contributed by atoms with van der Waals surface area (Å²) in [5, 5.41) is 9.58. The Balaban J connectivity index is 3.20. The maximum atomic E-state index is 12.8. The van der Waals surface area contributed by atoms with Crippen LogP contribution in [0.25, 0.3) is 0 Å². The zero-order valence-electron chi connectivity index (χ0n) is 11.5. The van der Waals surface area contributed by atoms with Crippen LogP contribution in [0.2, 0.25) is 0 Å². The summed E-state index contributed by atoms with van der Waals surface area (Å²) < 4.78 is 43.6. The van der Waals surface area contributed by atoms with Crippen LogP contribution < -0.4 is 4.74 Å². The molecule has 0 fully saturated rings. The first-order chi connectivity index (χ1) is 9.07. The molecular formula is C14H17F3O3. The second kappa shape index (κ2) is 5.44. The van der Waals surface area contributed by atoms with Gasteiger partial charge in [-0.25, -0.2) is 0 Å². The third-order valence-corrected chi connectivity index (χ3v) is 3.23. The van der Waals surface area contributed by atoms with Crippen LogP contribution in [0.4, 0.5) is 13.2 Å². The summed E-state index contributed by atoms with van der Waals surface area (Å²) in [6.45, 7) is 3.04. The molecule has 20 heavy (non-hydrogen) atoms. The summed E-state index contributed by atoms with van der Waals surface area (Å²) in [7, 11) is 1.41. The minimum Gasteiger partial charge on any atom is -0.496 e. The van der Waals surface area contributed by atoms with E-state index in [-0.39, 0.29) is 0 Å². The number of methoxy groups -OCH3 is 1. The van der Waals surface area contributed by atoms with Crippen molar-refractivity contribution in [3.63, 3.8) is 0 Å². The van der Waals surface area contributed by atoms with Gasteiger partial charge in [-0.15, -0.1) is 0 Å². The first-order valence-electron chi connectivity index (χ1n) is 5.96. The number of alkyl halides is 3. The van der Waals surface area contributed by atoms with E-state index in [0.717, 1.165) is 0 Å². The van der Waals surface area contributed by atoms with Crippen molar-refractivity contribution in [3.05, 3.63) is 29.8 Å². The first-order valence-corrected chi connectivity index (χ1v) is 5.96. The predicted molar refractivity (Wildman–Crippen MR) is 67.7 cm³/mol. The molecule has 0 spiro atoms. The van der Waals surface area contributed by atoms with Gasteiger partial charge in [0.1, 0.15) is 5.75 Å². The number of rotatable bonds is 5. The number of hydrogen-bond acceptors (Lipinski definition) is 3. The molecule has 0 saturated carbocycles. The number of hydrogen-bond donors (Lipinski definition) is 1. The van der Waals surface area contributed by atoms with E-state index in [1.807, 2.05) is 0 Å². The van der Waals surface area contributed by atoms with Crippen LogP contribution in [-0.4, -0.2) is 30.3 Å². The van der Waals surface area contributed by atoms with Crippen LogP contribution in [0.1, 0.15) is 25.8 Å². The summed E-state index contributed by atoms with van der Waals surface area (Å²) in [6.07, 6.45) is -6.26. The van der Waals surface area contributed by atoms with E-state index in [2.05, 4.69) is 0 Å². The largest absolute Gasteiger partial charge is 0.496 e. The van der Waals surface area contributed by atoms with Gasteiger partial charge in [-0.2, -0.15) is 13.2 Å². The lowest BCUT2D eigenvalue weighted by Crippen LogP contribution is -2.50. The zero-order valence-corrected chi connectivity index (χ0v) is 11.5. The van der Waals surface area contributed by atoms with Gasteiger partial charge in [-0.1, -0.05) is 32.0 Å². The molecule has 1 aromatic rings. The van der Waals surface area contributed by atoms with E-state index in [0.29, 0.717) is 11.3 Å². The van der Waals surface area contributed by atoms with Gasteiger partial charge in [-0.3, -0.25) is 4.79 Å². The average Bonchev–Trinajstić information content (AvgIpc) is 2.36. The van der Waals surface area contributed by atoms with Crippen LogP contribution in [0.5, 0.6) is 5.75 Å². The lowest BCUT2D eigenvalue weighted by atomic mass is 9.75. The van der Waals surface area contributed by atoms with Crippen molar-refractivity contribution in [3.8, 4) is 5.75 Å². The molecule has 6 heteroatoms. The fourth-order valence-electron chi connectivity index (χ4n) is 2.18. The van der Waals surface area contributed by atoms with Crippen molar-refractivity contribution in [1.29, 1.82) is 0 Å². The zero-order chi connectivity index (χ0) is 15.6. The van der Waals surface area contributed by atoms with Crippen molar-refractivity contribution in [1.82, 2.24) is 0 Å². The Bertz CT molecular complexity index is 483. The number of para-hydroxylation sites is 1. The van der Waals surface area contributed by atoms with Gasteiger partial charge >= 0.3 is 6.18 Å². The highest BCUT2D eigenvalue weighted by atomic mass is 19.4. The van der Waals surface area contributed by atoms with E-state index in [1.54, 1.807) is 24.3 Å². The van der Waals surface area contributed by atoms with Gasteiger partial charge < -0.3 is 9.84 Å². The van der Waals surface area contributed by atoms with Gasteiger partial charge in [0, 0.05) is 6.42 Å². The highest BCUT2D eigenvalue weighted by molar-refractivity contribution is 5.64. The molecule has 0 radical (unpaired) electrons. The van der Waals surface area contributed by atoms with Crippen molar-refractivity contribution < 1.29 is 27.8 Å². The van der Waals surface area contributed by atoms with E-state index in [1.165, 1.54) is 21.0 Å². The minimum atomic E-state index is -5.02. The quantitative estimate of drug-likeness (QED) is 0.848. The normalized spacial score (nSPS) is 15.6. The molecule has 0 amide bonds. The number of carbonyl (C=O) groups excluding carboxylic acids is 1. The molecule has 0 bridgehead atoms. The van der Waals surface area contributed by atoms with Crippen molar-refractivity contribution >= 4 is 6.29 Å². The number of aldehydes is 1. The molecule has 0 aliphatic carbocycles. The molecule has 1 N–H and O–H groups in total. The van der Waals surface area contributed by atoms with Crippen LogP contribution >= 0.6 is 0 Å².